The second kappa shape index (κ2) is 5.52. The molecule has 0 saturated carbocycles. The Hall–Kier alpha value is -1.43. The smallest absolute Gasteiger partial charge is 0.156 e. The van der Waals surface area contributed by atoms with Gasteiger partial charge >= 0.3 is 0 Å². The molecule has 0 bridgehead atoms. The van der Waals surface area contributed by atoms with E-state index in [1.807, 2.05) is 24.3 Å². The molecule has 0 fully saturated rings. The molecule has 0 spiro atoms. The number of aromatic nitrogens is 1. The van der Waals surface area contributed by atoms with Gasteiger partial charge in [-0.2, -0.15) is 0 Å². The molecule has 20 heavy (non-hydrogen) atoms. The van der Waals surface area contributed by atoms with E-state index in [0.29, 0.717) is 10.5 Å². The molecule has 2 nitrogen and oxygen atoms in total. The number of halogens is 1. The van der Waals surface area contributed by atoms with E-state index in [2.05, 4.69) is 4.98 Å². The highest BCUT2D eigenvalue weighted by atomic mass is 32.2. The van der Waals surface area contributed by atoms with E-state index < -0.39 is 6.10 Å². The normalized spacial score (nSPS) is 12.8. The zero-order chi connectivity index (χ0) is 14.1. The largest absolute Gasteiger partial charge is 0.389 e. The van der Waals surface area contributed by atoms with Crippen molar-refractivity contribution in [1.29, 1.82) is 0 Å². The molecule has 5 heteroatoms. The molecule has 3 aromatic rings. The van der Waals surface area contributed by atoms with Gasteiger partial charge in [-0.1, -0.05) is 36.0 Å². The van der Waals surface area contributed by atoms with Gasteiger partial charge in [0.25, 0.3) is 0 Å². The fraction of sp³-hybridized carbons (Fsp3) is 0.133. The van der Waals surface area contributed by atoms with Crippen LogP contribution in [0.2, 0.25) is 0 Å². The number of thiazole rings is 1. The molecule has 3 rings (SSSR count). The van der Waals surface area contributed by atoms with Crippen LogP contribution in [0.3, 0.4) is 0 Å². The second-order valence-electron chi connectivity index (χ2n) is 4.38. The summed E-state index contributed by atoms with van der Waals surface area (Å²) in [4.78, 5) is 4.93. The van der Waals surface area contributed by atoms with Gasteiger partial charge in [-0.05, 0) is 30.7 Å². The van der Waals surface area contributed by atoms with Gasteiger partial charge in [0, 0.05) is 0 Å². The van der Waals surface area contributed by atoms with Gasteiger partial charge in [0.05, 0.1) is 21.2 Å². The number of rotatable bonds is 3. The third kappa shape index (κ3) is 2.57. The first kappa shape index (κ1) is 13.5. The lowest BCUT2D eigenvalue weighted by molar-refractivity contribution is 0.195. The number of aliphatic hydroxyl groups is 1. The van der Waals surface area contributed by atoms with E-state index in [1.165, 1.54) is 29.2 Å². The highest BCUT2D eigenvalue weighted by Gasteiger charge is 2.15. The summed E-state index contributed by atoms with van der Waals surface area (Å²) in [5.74, 6) is -0.326. The van der Waals surface area contributed by atoms with Crippen LogP contribution in [0.25, 0.3) is 10.2 Å². The summed E-state index contributed by atoms with van der Waals surface area (Å²) in [5, 5.41) is 9.75. The standard InChI is InChI=1S/C15H12FNOS2/c1-9(18)10-5-4-6-11(16)14(10)20-15-17-12-7-2-3-8-13(12)19-15/h2-9,18H,1H3. The molecule has 102 valence electrons. The molecule has 0 aliphatic rings. The Balaban J connectivity index is 2.02. The van der Waals surface area contributed by atoms with Gasteiger partial charge in [-0.3, -0.25) is 0 Å². The first-order valence-corrected chi connectivity index (χ1v) is 7.78. The van der Waals surface area contributed by atoms with Gasteiger partial charge in [-0.15, -0.1) is 11.3 Å². The van der Waals surface area contributed by atoms with Crippen LogP contribution in [0.1, 0.15) is 18.6 Å². The van der Waals surface area contributed by atoms with Crippen molar-refractivity contribution in [3.8, 4) is 0 Å². The average molecular weight is 305 g/mol. The first-order valence-electron chi connectivity index (χ1n) is 6.15. The van der Waals surface area contributed by atoms with Crippen LogP contribution in [0.15, 0.2) is 51.7 Å². The van der Waals surface area contributed by atoms with Crippen LogP contribution in [-0.2, 0) is 0 Å². The highest BCUT2D eigenvalue weighted by molar-refractivity contribution is 8.01. The molecule has 1 aromatic heterocycles. The molecule has 1 heterocycles. The van der Waals surface area contributed by atoms with Crippen LogP contribution in [0, 0.1) is 5.82 Å². The summed E-state index contributed by atoms with van der Waals surface area (Å²) < 4.78 is 15.8. The highest BCUT2D eigenvalue weighted by Crippen LogP contribution is 2.38. The third-order valence-electron chi connectivity index (χ3n) is 2.91. The molecule has 0 amide bonds. The summed E-state index contributed by atoms with van der Waals surface area (Å²) in [6.07, 6.45) is -0.706. The van der Waals surface area contributed by atoms with Crippen LogP contribution < -0.4 is 0 Å². The summed E-state index contributed by atoms with van der Waals surface area (Å²) in [7, 11) is 0. The number of benzene rings is 2. The van der Waals surface area contributed by atoms with E-state index in [0.717, 1.165) is 14.6 Å². The quantitative estimate of drug-likeness (QED) is 0.765. The maximum Gasteiger partial charge on any atom is 0.156 e. The van der Waals surface area contributed by atoms with Crippen molar-refractivity contribution in [1.82, 2.24) is 4.98 Å². The van der Waals surface area contributed by atoms with Crippen molar-refractivity contribution in [2.75, 3.05) is 0 Å². The summed E-state index contributed by atoms with van der Waals surface area (Å²) in [6.45, 7) is 1.64. The van der Waals surface area contributed by atoms with Crippen LogP contribution in [-0.4, -0.2) is 10.1 Å². The minimum Gasteiger partial charge on any atom is -0.389 e. The number of para-hydroxylation sites is 1. The van der Waals surface area contributed by atoms with Crippen molar-refractivity contribution in [2.24, 2.45) is 0 Å². The van der Waals surface area contributed by atoms with Crippen molar-refractivity contribution >= 4 is 33.3 Å². The van der Waals surface area contributed by atoms with E-state index in [4.69, 9.17) is 0 Å². The second-order valence-corrected chi connectivity index (χ2v) is 6.67. The van der Waals surface area contributed by atoms with Crippen LogP contribution >= 0.6 is 23.1 Å². The molecule has 1 N–H and O–H groups in total. The lowest BCUT2D eigenvalue weighted by Gasteiger charge is -2.10. The first-order chi connectivity index (χ1) is 9.65. The Labute approximate surface area is 124 Å². The van der Waals surface area contributed by atoms with Gasteiger partial charge in [0.15, 0.2) is 4.34 Å². The van der Waals surface area contributed by atoms with Gasteiger partial charge in [0.2, 0.25) is 0 Å². The lowest BCUT2D eigenvalue weighted by atomic mass is 10.1. The van der Waals surface area contributed by atoms with E-state index in [1.54, 1.807) is 19.1 Å². The zero-order valence-electron chi connectivity index (χ0n) is 10.7. The monoisotopic (exact) mass is 305 g/mol. The van der Waals surface area contributed by atoms with Crippen molar-refractivity contribution in [3.63, 3.8) is 0 Å². The van der Waals surface area contributed by atoms with E-state index in [9.17, 15) is 9.50 Å². The number of nitrogens with zero attached hydrogens (tertiary/aromatic N) is 1. The third-order valence-corrected chi connectivity index (χ3v) is 5.14. The number of hydrogen-bond donors (Lipinski definition) is 1. The van der Waals surface area contributed by atoms with Gasteiger partial charge < -0.3 is 5.11 Å². The summed E-state index contributed by atoms with van der Waals surface area (Å²) in [5.41, 5.74) is 1.50. The Morgan fingerprint density at radius 3 is 2.75 bits per heavy atom. The Bertz CT molecular complexity index is 721. The molecule has 0 aliphatic heterocycles. The summed E-state index contributed by atoms with van der Waals surface area (Å²) >= 11 is 2.79. The average Bonchev–Trinajstić information content (AvgIpc) is 2.83. The van der Waals surface area contributed by atoms with Crippen molar-refractivity contribution in [2.45, 2.75) is 22.3 Å². The topological polar surface area (TPSA) is 33.1 Å². The van der Waals surface area contributed by atoms with Gasteiger partial charge in [-0.25, -0.2) is 9.37 Å². The van der Waals surface area contributed by atoms with E-state index >= 15 is 0 Å². The van der Waals surface area contributed by atoms with Crippen molar-refractivity contribution in [3.05, 3.63) is 53.8 Å². The zero-order valence-corrected chi connectivity index (χ0v) is 12.3. The molecule has 1 unspecified atom stereocenters. The Morgan fingerprint density at radius 1 is 1.20 bits per heavy atom. The van der Waals surface area contributed by atoms with E-state index in [-0.39, 0.29) is 5.82 Å². The Kier molecular flexibility index (Phi) is 3.74. The molecule has 2 aromatic carbocycles. The maximum absolute atomic E-state index is 14.0. The predicted octanol–water partition coefficient (Wildman–Crippen LogP) is 4.64. The molecule has 0 aliphatic carbocycles. The molecule has 0 radical (unpaired) electrons. The fourth-order valence-corrected chi connectivity index (χ4v) is 4.17. The summed E-state index contributed by atoms with van der Waals surface area (Å²) in [6, 6.07) is 12.6. The minimum absolute atomic E-state index is 0.326. The molecule has 0 saturated heterocycles. The fourth-order valence-electron chi connectivity index (χ4n) is 1.94. The molecular weight excluding hydrogens is 293 g/mol. The molecular formula is C15H12FNOS2. The predicted molar refractivity (Wildman–Crippen MR) is 80.8 cm³/mol. The minimum atomic E-state index is -0.706. The van der Waals surface area contributed by atoms with Crippen molar-refractivity contribution < 1.29 is 9.50 Å². The van der Waals surface area contributed by atoms with Crippen LogP contribution in [0.5, 0.6) is 0 Å². The van der Waals surface area contributed by atoms with Crippen LogP contribution in [0.4, 0.5) is 4.39 Å². The maximum atomic E-state index is 14.0. The van der Waals surface area contributed by atoms with Gasteiger partial charge in [0.1, 0.15) is 5.82 Å². The number of aliphatic hydroxyl groups excluding tert-OH is 1. The SMILES string of the molecule is CC(O)c1cccc(F)c1Sc1nc2ccccc2s1. The molecule has 1 atom stereocenters. The lowest BCUT2D eigenvalue weighted by Crippen LogP contribution is -1.96. The number of fused-ring (bicyclic) bond motifs is 1. The Morgan fingerprint density at radius 2 is 2.00 bits per heavy atom. The number of hydrogen-bond acceptors (Lipinski definition) is 4.